The van der Waals surface area contributed by atoms with Crippen LogP contribution in [0.15, 0.2) is 30.8 Å². The molecule has 0 aliphatic rings. The van der Waals surface area contributed by atoms with E-state index in [1.54, 1.807) is 0 Å². The first-order valence-electron chi connectivity index (χ1n) is 5.16. The van der Waals surface area contributed by atoms with Crippen LogP contribution >= 0.6 is 0 Å². The quantitative estimate of drug-likeness (QED) is 0.554. The molecule has 0 aromatic heterocycles. The number of hydrogen-bond acceptors (Lipinski definition) is 1. The van der Waals surface area contributed by atoms with Crippen LogP contribution in [-0.2, 0) is 0 Å². The Morgan fingerprint density at radius 3 is 2.20 bits per heavy atom. The van der Waals surface area contributed by atoms with Gasteiger partial charge in [-0.05, 0) is 11.6 Å². The van der Waals surface area contributed by atoms with Gasteiger partial charge in [0.25, 0.3) is 0 Å². The average molecular weight is 218 g/mol. The molecule has 0 saturated heterocycles. The molecular formula is C13H18OSi. The van der Waals surface area contributed by atoms with Gasteiger partial charge in [-0.15, -0.1) is 0 Å². The number of carbonyl (C=O) groups is 1. The van der Waals surface area contributed by atoms with Crippen molar-refractivity contribution in [2.24, 2.45) is 0 Å². The van der Waals surface area contributed by atoms with E-state index in [1.807, 2.05) is 24.3 Å². The molecule has 0 bridgehead atoms. The first kappa shape index (κ1) is 11.9. The maximum atomic E-state index is 10.5. The topological polar surface area (TPSA) is 17.1 Å². The van der Waals surface area contributed by atoms with E-state index < -0.39 is 8.07 Å². The fraction of sp³-hybridized carbons (Fsp3) is 0.308. The Morgan fingerprint density at radius 1 is 1.27 bits per heavy atom. The highest BCUT2D eigenvalue weighted by Crippen LogP contribution is 2.23. The summed E-state index contributed by atoms with van der Waals surface area (Å²) in [4.78, 5) is 10.5. The molecule has 0 N–H and O–H groups in total. The maximum absolute atomic E-state index is 10.5. The fourth-order valence-corrected chi connectivity index (χ4v) is 3.02. The summed E-state index contributed by atoms with van der Waals surface area (Å²) in [6.07, 6.45) is 0.866. The van der Waals surface area contributed by atoms with Crippen LogP contribution in [0.1, 0.15) is 15.9 Å². The van der Waals surface area contributed by atoms with Gasteiger partial charge in [0, 0.05) is 13.6 Å². The van der Waals surface area contributed by atoms with Crippen molar-refractivity contribution in [2.75, 3.05) is 0 Å². The Hall–Kier alpha value is -1.15. The third-order valence-electron chi connectivity index (χ3n) is 2.20. The van der Waals surface area contributed by atoms with Crippen molar-refractivity contribution in [1.29, 1.82) is 0 Å². The summed E-state index contributed by atoms with van der Waals surface area (Å²) >= 11 is 0. The Balaban J connectivity index is 2.79. The van der Waals surface area contributed by atoms with E-state index >= 15 is 0 Å². The molecular weight excluding hydrogens is 200 g/mol. The molecule has 2 heteroatoms. The van der Waals surface area contributed by atoms with Crippen LogP contribution in [0.5, 0.6) is 0 Å². The third-order valence-corrected chi connectivity index (χ3v) is 3.69. The maximum Gasteiger partial charge on any atom is 0.150 e. The summed E-state index contributed by atoms with van der Waals surface area (Å²) < 4.78 is 0. The van der Waals surface area contributed by atoms with Gasteiger partial charge in [0.15, 0.2) is 0 Å². The molecule has 0 fully saturated rings. The number of aldehydes is 1. The number of allylic oxidation sites excluding steroid dienone is 1. The van der Waals surface area contributed by atoms with E-state index in [4.69, 9.17) is 0 Å². The van der Waals surface area contributed by atoms with E-state index in [-0.39, 0.29) is 0 Å². The van der Waals surface area contributed by atoms with Crippen LogP contribution in [0, 0.1) is 0 Å². The molecule has 0 amide bonds. The first-order chi connectivity index (χ1) is 6.92. The average Bonchev–Trinajstić information content (AvgIpc) is 2.15. The number of hydrogen-bond donors (Lipinski definition) is 0. The molecule has 0 saturated carbocycles. The summed E-state index contributed by atoms with van der Waals surface area (Å²) in [5.74, 6) is 0. The standard InChI is InChI=1S/C13H18OSi/c1-11(10-15(2,3)4)13-7-5-12(9-14)6-8-13/h5-9H,1,10H2,2-4H3. The van der Waals surface area contributed by atoms with Crippen LogP contribution in [0.2, 0.25) is 25.7 Å². The minimum absolute atomic E-state index is 0.722. The lowest BCUT2D eigenvalue weighted by Gasteiger charge is -2.17. The first-order valence-corrected chi connectivity index (χ1v) is 8.86. The van der Waals surface area contributed by atoms with Gasteiger partial charge in [0.1, 0.15) is 6.29 Å². The molecule has 80 valence electrons. The molecule has 1 aromatic carbocycles. The van der Waals surface area contributed by atoms with Crippen LogP contribution in [0.4, 0.5) is 0 Å². The normalized spacial score (nSPS) is 11.1. The molecule has 0 heterocycles. The Labute approximate surface area is 92.8 Å². The summed E-state index contributed by atoms with van der Waals surface area (Å²) in [7, 11) is -1.09. The van der Waals surface area contributed by atoms with Gasteiger partial charge >= 0.3 is 0 Å². The van der Waals surface area contributed by atoms with Crippen LogP contribution in [0.3, 0.4) is 0 Å². The molecule has 0 spiro atoms. The monoisotopic (exact) mass is 218 g/mol. The SMILES string of the molecule is C=C(C[Si](C)(C)C)c1ccc(C=O)cc1. The number of rotatable bonds is 4. The zero-order valence-electron chi connectivity index (χ0n) is 9.71. The van der Waals surface area contributed by atoms with Crippen LogP contribution in [-0.4, -0.2) is 14.4 Å². The van der Waals surface area contributed by atoms with E-state index in [1.165, 1.54) is 5.57 Å². The molecule has 0 radical (unpaired) electrons. The Bertz CT molecular complexity index is 357. The smallest absolute Gasteiger partial charge is 0.150 e. The summed E-state index contributed by atoms with van der Waals surface area (Å²) in [5, 5.41) is 0. The van der Waals surface area contributed by atoms with Crippen molar-refractivity contribution in [2.45, 2.75) is 25.7 Å². The van der Waals surface area contributed by atoms with Crippen LogP contribution in [0.25, 0.3) is 5.57 Å². The lowest BCUT2D eigenvalue weighted by Crippen LogP contribution is -2.19. The Kier molecular flexibility index (Phi) is 3.64. The highest BCUT2D eigenvalue weighted by molar-refractivity contribution is 6.77. The predicted octanol–water partition coefficient (Wildman–Crippen LogP) is 3.85. The zero-order valence-corrected chi connectivity index (χ0v) is 10.7. The summed E-state index contributed by atoms with van der Waals surface area (Å²) in [5.41, 5.74) is 3.06. The van der Waals surface area contributed by atoms with Crippen molar-refractivity contribution in [3.8, 4) is 0 Å². The van der Waals surface area contributed by atoms with Gasteiger partial charge in [-0.25, -0.2) is 0 Å². The van der Waals surface area contributed by atoms with E-state index in [2.05, 4.69) is 26.2 Å². The highest BCUT2D eigenvalue weighted by atomic mass is 28.3. The van der Waals surface area contributed by atoms with E-state index in [0.29, 0.717) is 0 Å². The third kappa shape index (κ3) is 3.84. The second-order valence-corrected chi connectivity index (χ2v) is 10.6. The molecule has 1 nitrogen and oxygen atoms in total. The second-order valence-electron chi connectivity index (χ2n) is 5.08. The second kappa shape index (κ2) is 4.58. The molecule has 15 heavy (non-hydrogen) atoms. The van der Waals surface area contributed by atoms with Crippen molar-refractivity contribution < 1.29 is 4.79 Å². The Morgan fingerprint density at radius 2 is 1.80 bits per heavy atom. The largest absolute Gasteiger partial charge is 0.298 e. The van der Waals surface area contributed by atoms with E-state index in [0.717, 1.165) is 23.5 Å². The van der Waals surface area contributed by atoms with Gasteiger partial charge in [0.05, 0.1) is 0 Å². The summed E-state index contributed by atoms with van der Waals surface area (Å²) in [6.45, 7) is 11.1. The van der Waals surface area contributed by atoms with Gasteiger partial charge in [-0.2, -0.15) is 0 Å². The molecule has 1 rings (SSSR count). The van der Waals surface area contributed by atoms with Gasteiger partial charge in [0.2, 0.25) is 0 Å². The number of benzene rings is 1. The zero-order chi connectivity index (χ0) is 11.5. The predicted molar refractivity (Wildman–Crippen MR) is 69.0 cm³/mol. The fourth-order valence-electron chi connectivity index (χ4n) is 1.54. The van der Waals surface area contributed by atoms with Crippen molar-refractivity contribution in [1.82, 2.24) is 0 Å². The van der Waals surface area contributed by atoms with Gasteiger partial charge in [-0.1, -0.05) is 56.1 Å². The molecule has 1 aromatic rings. The highest BCUT2D eigenvalue weighted by Gasteiger charge is 2.15. The van der Waals surface area contributed by atoms with Gasteiger partial charge < -0.3 is 0 Å². The molecule has 0 atom stereocenters. The molecule has 0 aliphatic carbocycles. The van der Waals surface area contributed by atoms with Crippen molar-refractivity contribution in [3.05, 3.63) is 42.0 Å². The summed E-state index contributed by atoms with van der Waals surface area (Å²) in [6, 6.07) is 8.75. The van der Waals surface area contributed by atoms with Crippen molar-refractivity contribution in [3.63, 3.8) is 0 Å². The van der Waals surface area contributed by atoms with Crippen LogP contribution < -0.4 is 0 Å². The van der Waals surface area contributed by atoms with Crippen molar-refractivity contribution >= 4 is 19.9 Å². The number of carbonyl (C=O) groups excluding carboxylic acids is 1. The molecule has 0 aliphatic heterocycles. The lowest BCUT2D eigenvalue weighted by atomic mass is 10.1. The van der Waals surface area contributed by atoms with E-state index in [9.17, 15) is 4.79 Å². The lowest BCUT2D eigenvalue weighted by molar-refractivity contribution is 0.112. The minimum Gasteiger partial charge on any atom is -0.298 e. The molecule has 0 unspecified atom stereocenters. The van der Waals surface area contributed by atoms with Gasteiger partial charge in [-0.3, -0.25) is 4.79 Å². The minimum atomic E-state index is -1.09.